The number of carbonyl (C=O) groups excluding carboxylic acids is 1. The first-order valence-corrected chi connectivity index (χ1v) is 7.61. The van der Waals surface area contributed by atoms with E-state index in [0.717, 1.165) is 0 Å². The highest BCUT2D eigenvalue weighted by molar-refractivity contribution is 5.95. The maximum atomic E-state index is 13.2. The lowest BCUT2D eigenvalue weighted by Crippen LogP contribution is -2.39. The van der Waals surface area contributed by atoms with Crippen molar-refractivity contribution in [2.45, 2.75) is 31.8 Å². The largest absolute Gasteiger partial charge is 0.481 e. The number of nitrogens with one attached hydrogen (secondary N) is 1. The van der Waals surface area contributed by atoms with Crippen LogP contribution in [0.4, 0.5) is 4.39 Å². The zero-order valence-corrected chi connectivity index (χ0v) is 13.0. The monoisotopic (exact) mass is 332 g/mol. The van der Waals surface area contributed by atoms with Crippen molar-refractivity contribution in [3.05, 3.63) is 47.5 Å². The van der Waals surface area contributed by atoms with Gasteiger partial charge in [-0.15, -0.1) is 5.10 Å². The first kappa shape index (κ1) is 16.1. The normalized spacial score (nSPS) is 23.2. The topological polar surface area (TPSA) is 97.1 Å². The fourth-order valence-corrected chi connectivity index (χ4v) is 3.19. The minimum absolute atomic E-state index is 0.279. The summed E-state index contributed by atoms with van der Waals surface area (Å²) < 4.78 is 14.8. The summed E-state index contributed by atoms with van der Waals surface area (Å²) in [6.07, 6.45) is 3.84. The number of aliphatic carboxylic acids is 1. The van der Waals surface area contributed by atoms with Gasteiger partial charge in [-0.25, -0.2) is 9.07 Å². The number of benzene rings is 1. The lowest BCUT2D eigenvalue weighted by atomic mass is 10.1. The molecular weight excluding hydrogens is 315 g/mol. The molecule has 2 aromatic rings. The molecule has 1 aliphatic carbocycles. The predicted octanol–water partition coefficient (Wildman–Crippen LogP) is 1.56. The number of rotatable bonds is 4. The Kier molecular flexibility index (Phi) is 4.28. The van der Waals surface area contributed by atoms with Crippen molar-refractivity contribution in [2.24, 2.45) is 5.92 Å². The number of hydrogen-bond donors (Lipinski definition) is 2. The van der Waals surface area contributed by atoms with Crippen LogP contribution < -0.4 is 5.32 Å². The Balaban J connectivity index is 1.80. The minimum Gasteiger partial charge on any atom is -0.481 e. The van der Waals surface area contributed by atoms with Gasteiger partial charge in [-0.1, -0.05) is 5.21 Å². The van der Waals surface area contributed by atoms with E-state index in [0.29, 0.717) is 24.0 Å². The van der Waals surface area contributed by atoms with E-state index in [2.05, 4.69) is 15.6 Å². The number of halogens is 1. The maximum absolute atomic E-state index is 13.2. The smallest absolute Gasteiger partial charge is 0.306 e. The first-order chi connectivity index (χ1) is 11.5. The van der Waals surface area contributed by atoms with E-state index >= 15 is 0 Å². The molecule has 1 saturated carbocycles. The molecule has 8 heteroatoms. The lowest BCUT2D eigenvalue weighted by Gasteiger charge is -2.21. The molecule has 1 heterocycles. The molecule has 3 rings (SSSR count). The van der Waals surface area contributed by atoms with E-state index in [-0.39, 0.29) is 18.0 Å². The molecular formula is C16H17FN4O3. The number of hydrogen-bond acceptors (Lipinski definition) is 4. The molecule has 0 saturated heterocycles. The lowest BCUT2D eigenvalue weighted by molar-refractivity contribution is -0.141. The Hall–Kier alpha value is -2.77. The van der Waals surface area contributed by atoms with Crippen molar-refractivity contribution in [1.29, 1.82) is 0 Å². The highest BCUT2D eigenvalue weighted by atomic mass is 19.1. The summed E-state index contributed by atoms with van der Waals surface area (Å²) in [5, 5.41) is 19.8. The standard InChI is InChI=1S/C16H17FN4O3/c1-9-6-11(17)2-3-12(9)15(22)19-13-7-10(16(23)24)8-14(13)21-5-4-18-20-21/h2-6,10,13-14H,7-8H2,1H3,(H,19,22)(H,23,24)/t10?,13-,14+/m1/s1. The minimum atomic E-state index is -0.894. The van der Waals surface area contributed by atoms with Crippen LogP contribution in [0.5, 0.6) is 0 Å². The highest BCUT2D eigenvalue weighted by Gasteiger charge is 2.40. The van der Waals surface area contributed by atoms with Gasteiger partial charge in [0.15, 0.2) is 0 Å². The van der Waals surface area contributed by atoms with Gasteiger partial charge in [0, 0.05) is 11.8 Å². The Labute approximate surface area is 137 Å². The molecule has 1 aromatic heterocycles. The maximum Gasteiger partial charge on any atom is 0.306 e. The molecule has 2 N–H and O–H groups in total. The van der Waals surface area contributed by atoms with E-state index in [1.165, 1.54) is 24.4 Å². The average molecular weight is 332 g/mol. The number of nitrogens with zero attached hydrogens (tertiary/aromatic N) is 3. The van der Waals surface area contributed by atoms with Gasteiger partial charge in [-0.2, -0.15) is 0 Å². The molecule has 24 heavy (non-hydrogen) atoms. The number of carbonyl (C=O) groups is 2. The molecule has 1 aromatic carbocycles. The summed E-state index contributed by atoms with van der Waals surface area (Å²) in [5.41, 5.74) is 0.894. The van der Waals surface area contributed by atoms with Crippen LogP contribution in [0.2, 0.25) is 0 Å². The third-order valence-corrected chi connectivity index (χ3v) is 4.41. The van der Waals surface area contributed by atoms with Gasteiger partial charge in [-0.3, -0.25) is 9.59 Å². The van der Waals surface area contributed by atoms with Gasteiger partial charge in [0.2, 0.25) is 0 Å². The van der Waals surface area contributed by atoms with E-state index in [1.54, 1.807) is 17.8 Å². The molecule has 1 amide bonds. The summed E-state index contributed by atoms with van der Waals surface area (Å²) in [6.45, 7) is 1.65. The van der Waals surface area contributed by atoms with Crippen molar-refractivity contribution in [2.75, 3.05) is 0 Å². The van der Waals surface area contributed by atoms with Crippen LogP contribution in [0.25, 0.3) is 0 Å². The Morgan fingerprint density at radius 3 is 2.79 bits per heavy atom. The Morgan fingerprint density at radius 2 is 2.17 bits per heavy atom. The van der Waals surface area contributed by atoms with Gasteiger partial charge < -0.3 is 10.4 Å². The zero-order chi connectivity index (χ0) is 17.3. The molecule has 0 spiro atoms. The number of aromatic nitrogens is 3. The van der Waals surface area contributed by atoms with E-state index in [9.17, 15) is 19.1 Å². The van der Waals surface area contributed by atoms with Crippen LogP contribution in [-0.4, -0.2) is 38.0 Å². The van der Waals surface area contributed by atoms with Gasteiger partial charge in [0.25, 0.3) is 5.91 Å². The van der Waals surface area contributed by atoms with Gasteiger partial charge >= 0.3 is 5.97 Å². The molecule has 0 radical (unpaired) electrons. The molecule has 1 aliphatic rings. The van der Waals surface area contributed by atoms with E-state index in [4.69, 9.17) is 0 Å². The highest BCUT2D eigenvalue weighted by Crippen LogP contribution is 2.34. The Bertz CT molecular complexity index is 763. The van der Waals surface area contributed by atoms with Crippen LogP contribution in [0.3, 0.4) is 0 Å². The third-order valence-electron chi connectivity index (χ3n) is 4.41. The summed E-state index contributed by atoms with van der Waals surface area (Å²) in [6, 6.07) is 3.28. The van der Waals surface area contributed by atoms with Crippen molar-refractivity contribution in [3.63, 3.8) is 0 Å². The van der Waals surface area contributed by atoms with Crippen molar-refractivity contribution in [3.8, 4) is 0 Å². The quantitative estimate of drug-likeness (QED) is 0.885. The second-order valence-corrected chi connectivity index (χ2v) is 6.00. The fourth-order valence-electron chi connectivity index (χ4n) is 3.19. The summed E-state index contributed by atoms with van der Waals surface area (Å²) >= 11 is 0. The predicted molar refractivity (Wildman–Crippen MR) is 81.8 cm³/mol. The number of carboxylic acid groups (broad SMARTS) is 1. The molecule has 7 nitrogen and oxygen atoms in total. The Morgan fingerprint density at radius 1 is 1.38 bits per heavy atom. The van der Waals surface area contributed by atoms with Crippen molar-refractivity contribution in [1.82, 2.24) is 20.3 Å². The molecule has 0 aliphatic heterocycles. The zero-order valence-electron chi connectivity index (χ0n) is 13.0. The van der Waals surface area contributed by atoms with E-state index in [1.807, 2.05) is 0 Å². The number of aryl methyl sites for hydroxylation is 1. The van der Waals surface area contributed by atoms with Crippen LogP contribution in [-0.2, 0) is 4.79 Å². The number of amides is 1. The third kappa shape index (κ3) is 3.12. The molecule has 1 unspecified atom stereocenters. The summed E-state index contributed by atoms with van der Waals surface area (Å²) in [5.74, 6) is -2.21. The molecule has 1 fully saturated rings. The average Bonchev–Trinajstić information content (AvgIpc) is 3.15. The van der Waals surface area contributed by atoms with Crippen LogP contribution in [0, 0.1) is 18.7 Å². The van der Waals surface area contributed by atoms with Crippen molar-refractivity contribution < 1.29 is 19.1 Å². The summed E-state index contributed by atoms with van der Waals surface area (Å²) in [7, 11) is 0. The SMILES string of the molecule is Cc1cc(F)ccc1C(=O)N[C@@H]1CC(C(=O)O)C[C@@H]1n1ccnn1. The van der Waals surface area contributed by atoms with E-state index < -0.39 is 17.7 Å². The number of carboxylic acids is 1. The van der Waals surface area contributed by atoms with Crippen LogP contribution >= 0.6 is 0 Å². The molecule has 0 bridgehead atoms. The first-order valence-electron chi connectivity index (χ1n) is 7.61. The van der Waals surface area contributed by atoms with Crippen LogP contribution in [0.1, 0.15) is 34.8 Å². The fraction of sp³-hybridized carbons (Fsp3) is 0.375. The summed E-state index contributed by atoms with van der Waals surface area (Å²) in [4.78, 5) is 23.8. The second-order valence-electron chi connectivity index (χ2n) is 6.00. The molecule has 126 valence electrons. The second kappa shape index (κ2) is 6.38. The van der Waals surface area contributed by atoms with Crippen LogP contribution in [0.15, 0.2) is 30.6 Å². The van der Waals surface area contributed by atoms with Gasteiger partial charge in [-0.05, 0) is 43.5 Å². The van der Waals surface area contributed by atoms with Gasteiger partial charge in [0.05, 0.1) is 24.2 Å². The van der Waals surface area contributed by atoms with Gasteiger partial charge in [0.1, 0.15) is 5.82 Å². The van der Waals surface area contributed by atoms with Crippen molar-refractivity contribution >= 4 is 11.9 Å². The molecule has 3 atom stereocenters.